The summed E-state index contributed by atoms with van der Waals surface area (Å²) in [5.41, 5.74) is 2.39. The van der Waals surface area contributed by atoms with Crippen LogP contribution in [0.15, 0.2) is 4.47 Å². The van der Waals surface area contributed by atoms with Gasteiger partial charge >= 0.3 is 0 Å². The maximum absolute atomic E-state index is 8.78. The van der Waals surface area contributed by atoms with Crippen LogP contribution in [0.1, 0.15) is 44.5 Å². The second-order valence-corrected chi connectivity index (χ2v) is 5.78. The molecular formula is C14H21BrN4. The van der Waals surface area contributed by atoms with E-state index in [1.54, 1.807) is 0 Å². The number of aromatic nitrogens is 2. The zero-order valence-electron chi connectivity index (χ0n) is 11.7. The standard InChI is InChI=1S/C14H21BrN4/c1-3-12-14(15)13(19(4-2)17-12)10-18(9-5-8-16)11-6-7-11/h11H,3-7,9-10H2,1-2H3. The smallest absolute Gasteiger partial charge is 0.0767 e. The van der Waals surface area contributed by atoms with Crippen LogP contribution in [0.4, 0.5) is 0 Å². The molecule has 0 radical (unpaired) electrons. The first-order valence-corrected chi connectivity index (χ1v) is 7.85. The van der Waals surface area contributed by atoms with Gasteiger partial charge in [0.05, 0.1) is 21.9 Å². The normalized spacial score (nSPS) is 14.9. The highest BCUT2D eigenvalue weighted by molar-refractivity contribution is 9.10. The fraction of sp³-hybridized carbons (Fsp3) is 0.714. The number of aryl methyl sites for hydroxylation is 2. The Morgan fingerprint density at radius 3 is 2.74 bits per heavy atom. The molecule has 19 heavy (non-hydrogen) atoms. The van der Waals surface area contributed by atoms with Gasteiger partial charge in [0.15, 0.2) is 0 Å². The second-order valence-electron chi connectivity index (χ2n) is 4.99. The molecule has 1 aromatic heterocycles. The highest BCUT2D eigenvalue weighted by Crippen LogP contribution is 2.31. The summed E-state index contributed by atoms with van der Waals surface area (Å²) in [6.07, 6.45) is 4.09. The van der Waals surface area contributed by atoms with Crippen molar-refractivity contribution < 1.29 is 0 Å². The SMILES string of the molecule is CCc1nn(CC)c(CN(CCC#N)C2CC2)c1Br. The van der Waals surface area contributed by atoms with E-state index in [-0.39, 0.29) is 0 Å². The van der Waals surface area contributed by atoms with E-state index in [1.165, 1.54) is 18.5 Å². The van der Waals surface area contributed by atoms with Crippen LogP contribution in [0.2, 0.25) is 0 Å². The highest BCUT2D eigenvalue weighted by Gasteiger charge is 2.30. The van der Waals surface area contributed by atoms with Crippen LogP contribution in [0.5, 0.6) is 0 Å². The number of nitrogens with zero attached hydrogens (tertiary/aromatic N) is 4. The number of nitriles is 1. The Morgan fingerprint density at radius 2 is 2.21 bits per heavy atom. The van der Waals surface area contributed by atoms with Crippen LogP contribution in [0.25, 0.3) is 0 Å². The summed E-state index contributed by atoms with van der Waals surface area (Å²) in [6, 6.07) is 2.92. The molecule has 104 valence electrons. The Morgan fingerprint density at radius 1 is 1.47 bits per heavy atom. The Labute approximate surface area is 123 Å². The van der Waals surface area contributed by atoms with Gasteiger partial charge in [0.2, 0.25) is 0 Å². The lowest BCUT2D eigenvalue weighted by Crippen LogP contribution is -2.28. The molecule has 0 aromatic carbocycles. The molecule has 0 spiro atoms. The predicted molar refractivity (Wildman–Crippen MR) is 78.6 cm³/mol. The van der Waals surface area contributed by atoms with E-state index >= 15 is 0 Å². The molecule has 0 amide bonds. The number of hydrogen-bond donors (Lipinski definition) is 0. The zero-order valence-corrected chi connectivity index (χ0v) is 13.3. The maximum atomic E-state index is 8.78. The van der Waals surface area contributed by atoms with Gasteiger partial charge in [0.25, 0.3) is 0 Å². The predicted octanol–water partition coefficient (Wildman–Crippen LogP) is 3.11. The summed E-state index contributed by atoms with van der Waals surface area (Å²) >= 11 is 3.69. The van der Waals surface area contributed by atoms with E-state index < -0.39 is 0 Å². The molecule has 4 nitrogen and oxygen atoms in total. The van der Waals surface area contributed by atoms with Crippen molar-refractivity contribution in [3.8, 4) is 6.07 Å². The van der Waals surface area contributed by atoms with Crippen LogP contribution < -0.4 is 0 Å². The minimum absolute atomic E-state index is 0.606. The molecule has 0 saturated heterocycles. The topological polar surface area (TPSA) is 44.9 Å². The Balaban J connectivity index is 2.15. The van der Waals surface area contributed by atoms with E-state index in [0.29, 0.717) is 12.5 Å². The average Bonchev–Trinajstić information content (AvgIpc) is 3.21. The molecule has 0 unspecified atom stereocenters. The van der Waals surface area contributed by atoms with Crippen LogP contribution >= 0.6 is 15.9 Å². The van der Waals surface area contributed by atoms with Crippen LogP contribution in [-0.2, 0) is 19.5 Å². The second kappa shape index (κ2) is 6.53. The molecule has 1 aliphatic carbocycles. The number of hydrogen-bond acceptors (Lipinski definition) is 3. The molecule has 1 saturated carbocycles. The molecular weight excluding hydrogens is 304 g/mol. The third kappa shape index (κ3) is 3.37. The van der Waals surface area contributed by atoms with E-state index in [9.17, 15) is 0 Å². The van der Waals surface area contributed by atoms with Crippen molar-refractivity contribution in [2.45, 2.75) is 58.7 Å². The van der Waals surface area contributed by atoms with Gasteiger partial charge in [-0.1, -0.05) is 6.92 Å². The first kappa shape index (κ1) is 14.5. The molecule has 0 atom stereocenters. The summed E-state index contributed by atoms with van der Waals surface area (Å²) in [5.74, 6) is 0. The summed E-state index contributed by atoms with van der Waals surface area (Å²) in [4.78, 5) is 2.43. The fourth-order valence-corrected chi connectivity index (χ4v) is 3.07. The monoisotopic (exact) mass is 324 g/mol. The minimum Gasteiger partial charge on any atom is -0.294 e. The van der Waals surface area contributed by atoms with Crippen molar-refractivity contribution in [1.29, 1.82) is 5.26 Å². The van der Waals surface area contributed by atoms with E-state index in [4.69, 9.17) is 5.26 Å². The Bertz CT molecular complexity index is 471. The first-order valence-electron chi connectivity index (χ1n) is 7.06. The Hall–Kier alpha value is -0.860. The third-order valence-electron chi connectivity index (χ3n) is 3.62. The molecule has 5 heteroatoms. The summed E-state index contributed by atoms with van der Waals surface area (Å²) < 4.78 is 3.24. The summed E-state index contributed by atoms with van der Waals surface area (Å²) in [5, 5.41) is 13.4. The fourth-order valence-electron chi connectivity index (χ4n) is 2.38. The van der Waals surface area contributed by atoms with Crippen LogP contribution in [0, 0.1) is 11.3 Å². The molecule has 0 N–H and O–H groups in total. The molecule has 0 aliphatic heterocycles. The number of halogens is 1. The van der Waals surface area contributed by atoms with Crippen molar-refractivity contribution in [3.05, 3.63) is 15.9 Å². The van der Waals surface area contributed by atoms with Gasteiger partial charge in [0.1, 0.15) is 0 Å². The maximum Gasteiger partial charge on any atom is 0.0767 e. The molecule has 2 rings (SSSR count). The van der Waals surface area contributed by atoms with Crippen molar-refractivity contribution in [2.75, 3.05) is 6.54 Å². The molecule has 1 aliphatic rings. The summed E-state index contributed by atoms with van der Waals surface area (Å²) in [7, 11) is 0. The van der Waals surface area contributed by atoms with Crippen molar-refractivity contribution in [2.24, 2.45) is 0 Å². The van der Waals surface area contributed by atoms with Gasteiger partial charge in [0, 0.05) is 32.1 Å². The van der Waals surface area contributed by atoms with E-state index in [2.05, 4.69) is 50.5 Å². The van der Waals surface area contributed by atoms with Crippen molar-refractivity contribution >= 4 is 15.9 Å². The largest absolute Gasteiger partial charge is 0.294 e. The van der Waals surface area contributed by atoms with Gasteiger partial charge in [-0.2, -0.15) is 10.4 Å². The van der Waals surface area contributed by atoms with Crippen LogP contribution in [0.3, 0.4) is 0 Å². The molecule has 1 fully saturated rings. The lowest BCUT2D eigenvalue weighted by molar-refractivity contribution is 0.252. The van der Waals surface area contributed by atoms with Crippen molar-refractivity contribution in [1.82, 2.24) is 14.7 Å². The highest BCUT2D eigenvalue weighted by atomic mass is 79.9. The van der Waals surface area contributed by atoms with Crippen LogP contribution in [-0.4, -0.2) is 27.3 Å². The minimum atomic E-state index is 0.606. The van der Waals surface area contributed by atoms with Gasteiger partial charge in [-0.25, -0.2) is 0 Å². The average molecular weight is 325 g/mol. The Kier molecular flexibility index (Phi) is 5.00. The van der Waals surface area contributed by atoms with Gasteiger partial charge in [-0.3, -0.25) is 9.58 Å². The van der Waals surface area contributed by atoms with Crippen molar-refractivity contribution in [3.63, 3.8) is 0 Å². The van der Waals surface area contributed by atoms with Gasteiger partial charge in [-0.15, -0.1) is 0 Å². The lowest BCUT2D eigenvalue weighted by Gasteiger charge is -2.21. The molecule has 1 heterocycles. The molecule has 0 bridgehead atoms. The zero-order chi connectivity index (χ0) is 13.8. The summed E-state index contributed by atoms with van der Waals surface area (Å²) in [6.45, 7) is 6.91. The van der Waals surface area contributed by atoms with E-state index in [1.807, 2.05) is 0 Å². The van der Waals surface area contributed by atoms with Gasteiger partial charge < -0.3 is 0 Å². The number of rotatable bonds is 7. The first-order chi connectivity index (χ1) is 9.21. The lowest BCUT2D eigenvalue weighted by atomic mass is 10.2. The quantitative estimate of drug-likeness (QED) is 0.774. The van der Waals surface area contributed by atoms with Gasteiger partial charge in [-0.05, 0) is 42.1 Å². The van der Waals surface area contributed by atoms with E-state index in [0.717, 1.165) is 36.2 Å². The third-order valence-corrected chi connectivity index (χ3v) is 4.54. The molecule has 1 aromatic rings.